The van der Waals surface area contributed by atoms with E-state index in [4.69, 9.17) is 4.84 Å². The lowest BCUT2D eigenvalue weighted by Gasteiger charge is -2.11. The summed E-state index contributed by atoms with van der Waals surface area (Å²) >= 11 is 0. The molecule has 2 rings (SSSR count). The summed E-state index contributed by atoms with van der Waals surface area (Å²) < 4.78 is 0. The Morgan fingerprint density at radius 3 is 2.62 bits per heavy atom. The summed E-state index contributed by atoms with van der Waals surface area (Å²) in [7, 11) is 3.99. The molecule has 0 radical (unpaired) electrons. The van der Waals surface area contributed by atoms with Crippen molar-refractivity contribution in [2.75, 3.05) is 19.0 Å². The third kappa shape index (κ3) is 5.24. The van der Waals surface area contributed by atoms with Crippen LogP contribution in [0.25, 0.3) is 6.08 Å². The molecule has 0 aliphatic rings. The Labute approximate surface area is 140 Å². The molecule has 124 valence electrons. The number of rotatable bonds is 7. The van der Waals surface area contributed by atoms with Crippen LogP contribution in [0.1, 0.15) is 11.1 Å². The molecule has 6 nitrogen and oxygen atoms in total. The summed E-state index contributed by atoms with van der Waals surface area (Å²) in [4.78, 5) is 17.4. The standard InChI is InChI=1S/C18H19N3O3/c1-20(2)17-10-8-15(9-11-17)6-4-12-19-24-14-16-5-3-7-18(13-16)21(22)23/h3-13H,14H2,1-2H3/b6-4+,19-12-. The van der Waals surface area contributed by atoms with Gasteiger partial charge in [0, 0.05) is 31.9 Å². The zero-order chi connectivity index (χ0) is 17.4. The molecule has 0 heterocycles. The second kappa shape index (κ2) is 8.47. The van der Waals surface area contributed by atoms with Crippen molar-refractivity contribution < 1.29 is 9.76 Å². The summed E-state index contributed by atoms with van der Waals surface area (Å²) in [6.45, 7) is 0.184. The highest BCUT2D eigenvalue weighted by molar-refractivity contribution is 5.78. The minimum Gasteiger partial charge on any atom is -0.391 e. The topological polar surface area (TPSA) is 68.0 Å². The number of allylic oxidation sites excluding steroid dienone is 1. The second-order valence-electron chi connectivity index (χ2n) is 5.30. The van der Waals surface area contributed by atoms with E-state index in [0.29, 0.717) is 5.56 Å². The summed E-state index contributed by atoms with van der Waals surface area (Å²) in [5.74, 6) is 0. The van der Waals surface area contributed by atoms with Gasteiger partial charge in [-0.3, -0.25) is 10.1 Å². The first kappa shape index (κ1) is 17.2. The number of benzene rings is 2. The van der Waals surface area contributed by atoms with E-state index in [0.717, 1.165) is 11.3 Å². The lowest BCUT2D eigenvalue weighted by Crippen LogP contribution is -2.07. The maximum Gasteiger partial charge on any atom is 0.269 e. The zero-order valence-corrected chi connectivity index (χ0v) is 13.6. The highest BCUT2D eigenvalue weighted by Crippen LogP contribution is 2.14. The van der Waals surface area contributed by atoms with Crippen molar-refractivity contribution in [3.8, 4) is 0 Å². The van der Waals surface area contributed by atoms with E-state index in [2.05, 4.69) is 5.16 Å². The van der Waals surface area contributed by atoms with Crippen molar-refractivity contribution in [2.24, 2.45) is 5.16 Å². The van der Waals surface area contributed by atoms with Gasteiger partial charge in [0.1, 0.15) is 6.61 Å². The molecule has 0 atom stereocenters. The van der Waals surface area contributed by atoms with Crippen LogP contribution in [0.3, 0.4) is 0 Å². The van der Waals surface area contributed by atoms with Crippen LogP contribution < -0.4 is 4.90 Å². The Hall–Kier alpha value is -3.15. The van der Waals surface area contributed by atoms with Gasteiger partial charge in [0.05, 0.1) is 11.1 Å². The van der Waals surface area contributed by atoms with Gasteiger partial charge in [0.15, 0.2) is 0 Å². The fraction of sp³-hybridized carbons (Fsp3) is 0.167. The van der Waals surface area contributed by atoms with Gasteiger partial charge in [-0.05, 0) is 29.3 Å². The molecule has 0 fully saturated rings. The number of nitro groups is 1. The maximum absolute atomic E-state index is 10.7. The second-order valence-corrected chi connectivity index (χ2v) is 5.30. The van der Waals surface area contributed by atoms with E-state index in [1.165, 1.54) is 18.3 Å². The van der Waals surface area contributed by atoms with E-state index in [9.17, 15) is 10.1 Å². The first-order chi connectivity index (χ1) is 11.6. The smallest absolute Gasteiger partial charge is 0.269 e. The molecule has 0 saturated carbocycles. The molecule has 0 saturated heterocycles. The number of hydrogen-bond acceptors (Lipinski definition) is 5. The van der Waals surface area contributed by atoms with Crippen molar-refractivity contribution in [1.82, 2.24) is 0 Å². The van der Waals surface area contributed by atoms with E-state index in [-0.39, 0.29) is 12.3 Å². The first-order valence-electron chi connectivity index (χ1n) is 7.39. The van der Waals surface area contributed by atoms with Crippen LogP contribution in [-0.4, -0.2) is 25.2 Å². The third-order valence-electron chi connectivity index (χ3n) is 3.27. The molecular formula is C18H19N3O3. The molecule has 0 aliphatic heterocycles. The van der Waals surface area contributed by atoms with E-state index in [1.807, 2.05) is 49.3 Å². The summed E-state index contributed by atoms with van der Waals surface area (Å²) in [6, 6.07) is 14.4. The monoisotopic (exact) mass is 325 g/mol. The Balaban J connectivity index is 1.82. The third-order valence-corrected chi connectivity index (χ3v) is 3.27. The van der Waals surface area contributed by atoms with Crippen LogP contribution in [0.5, 0.6) is 0 Å². The van der Waals surface area contributed by atoms with Crippen molar-refractivity contribution >= 4 is 23.7 Å². The number of anilines is 1. The Morgan fingerprint density at radius 1 is 1.21 bits per heavy atom. The minimum atomic E-state index is -0.433. The summed E-state index contributed by atoms with van der Waals surface area (Å²) in [6.07, 6.45) is 5.23. The molecule has 0 unspecified atom stereocenters. The van der Waals surface area contributed by atoms with E-state index in [1.54, 1.807) is 18.2 Å². The average Bonchev–Trinajstić information content (AvgIpc) is 2.58. The van der Waals surface area contributed by atoms with Gasteiger partial charge in [-0.15, -0.1) is 0 Å². The van der Waals surface area contributed by atoms with Gasteiger partial charge >= 0.3 is 0 Å². The summed E-state index contributed by atoms with van der Waals surface area (Å²) in [5, 5.41) is 14.5. The fourth-order valence-electron chi connectivity index (χ4n) is 1.99. The van der Waals surface area contributed by atoms with E-state index >= 15 is 0 Å². The predicted octanol–water partition coefficient (Wildman–Crippen LogP) is 3.88. The van der Waals surface area contributed by atoms with Crippen LogP contribution in [-0.2, 0) is 11.4 Å². The zero-order valence-electron chi connectivity index (χ0n) is 13.6. The molecule has 2 aromatic rings. The number of oxime groups is 1. The van der Waals surface area contributed by atoms with Gasteiger partial charge in [0.25, 0.3) is 5.69 Å². The van der Waals surface area contributed by atoms with Crippen molar-refractivity contribution in [3.05, 3.63) is 75.8 Å². The van der Waals surface area contributed by atoms with Gasteiger partial charge in [-0.2, -0.15) is 0 Å². The SMILES string of the molecule is CN(C)c1ccc(/C=C/C=N\OCc2cccc([N+](=O)[O-])c2)cc1. The predicted molar refractivity (Wildman–Crippen MR) is 96.2 cm³/mol. The Bertz CT molecular complexity index is 737. The largest absolute Gasteiger partial charge is 0.391 e. The molecule has 0 bridgehead atoms. The molecule has 24 heavy (non-hydrogen) atoms. The molecule has 6 heteroatoms. The highest BCUT2D eigenvalue weighted by atomic mass is 16.6. The molecule has 0 aliphatic carbocycles. The van der Waals surface area contributed by atoms with Crippen LogP contribution in [0.15, 0.2) is 59.8 Å². The molecule has 0 aromatic heterocycles. The van der Waals surface area contributed by atoms with E-state index < -0.39 is 4.92 Å². The number of nitro benzene ring substituents is 1. The normalized spacial score (nSPS) is 11.1. The number of nitrogens with zero attached hydrogens (tertiary/aromatic N) is 3. The number of hydrogen-bond donors (Lipinski definition) is 0. The maximum atomic E-state index is 10.7. The van der Waals surface area contributed by atoms with Crippen LogP contribution >= 0.6 is 0 Å². The van der Waals surface area contributed by atoms with Crippen molar-refractivity contribution in [3.63, 3.8) is 0 Å². The molecular weight excluding hydrogens is 306 g/mol. The van der Waals surface area contributed by atoms with Crippen molar-refractivity contribution in [2.45, 2.75) is 6.61 Å². The average molecular weight is 325 g/mol. The molecule has 0 amide bonds. The lowest BCUT2D eigenvalue weighted by atomic mass is 10.2. The van der Waals surface area contributed by atoms with Crippen molar-refractivity contribution in [1.29, 1.82) is 0 Å². The van der Waals surface area contributed by atoms with Gasteiger partial charge in [-0.25, -0.2) is 0 Å². The molecule has 2 aromatic carbocycles. The van der Waals surface area contributed by atoms with Gasteiger partial charge in [0.2, 0.25) is 0 Å². The minimum absolute atomic E-state index is 0.0427. The highest BCUT2D eigenvalue weighted by Gasteiger charge is 2.05. The van der Waals surface area contributed by atoms with Crippen LogP contribution in [0.4, 0.5) is 11.4 Å². The van der Waals surface area contributed by atoms with Gasteiger partial charge in [-0.1, -0.05) is 35.5 Å². The number of non-ortho nitro benzene ring substituents is 1. The lowest BCUT2D eigenvalue weighted by molar-refractivity contribution is -0.384. The molecule has 0 spiro atoms. The summed E-state index contributed by atoms with van der Waals surface area (Å²) in [5.41, 5.74) is 2.94. The Morgan fingerprint density at radius 2 is 1.96 bits per heavy atom. The van der Waals surface area contributed by atoms with Crippen LogP contribution in [0, 0.1) is 10.1 Å². The first-order valence-corrected chi connectivity index (χ1v) is 7.39. The van der Waals surface area contributed by atoms with Crippen LogP contribution in [0.2, 0.25) is 0 Å². The fourth-order valence-corrected chi connectivity index (χ4v) is 1.99. The molecule has 0 N–H and O–H groups in total. The van der Waals surface area contributed by atoms with Gasteiger partial charge < -0.3 is 9.74 Å². The quantitative estimate of drug-likeness (QED) is 0.440. The Kier molecular flexibility index (Phi) is 6.08.